The van der Waals surface area contributed by atoms with Gasteiger partial charge in [-0.15, -0.1) is 0 Å². The van der Waals surface area contributed by atoms with Crippen LogP contribution in [0.15, 0.2) is 29.1 Å². The number of nitrogens with zero attached hydrogens (tertiary/aromatic N) is 2. The Morgan fingerprint density at radius 3 is 2.38 bits per heavy atom. The van der Waals surface area contributed by atoms with Gasteiger partial charge in [0.25, 0.3) is 0 Å². The molecule has 1 heterocycles. The van der Waals surface area contributed by atoms with Crippen LogP contribution in [0.25, 0.3) is 10.9 Å². The highest BCUT2D eigenvalue weighted by atomic mass is 32.2. The molecule has 0 aliphatic carbocycles. The van der Waals surface area contributed by atoms with Gasteiger partial charge >= 0.3 is 5.69 Å². The summed E-state index contributed by atoms with van der Waals surface area (Å²) >= 11 is 0. The van der Waals surface area contributed by atoms with Crippen LogP contribution in [0.5, 0.6) is 0 Å². The largest absolute Gasteiger partial charge is 0.348 e. The minimum Gasteiger partial charge on any atom is -0.291 e. The Morgan fingerprint density at radius 2 is 1.81 bits per heavy atom. The first kappa shape index (κ1) is 15.7. The van der Waals surface area contributed by atoms with Crippen molar-refractivity contribution in [3.05, 3.63) is 40.4 Å². The number of rotatable bonds is 3. The molecule has 6 heteroatoms. The Balaban J connectivity index is 2.69. The van der Waals surface area contributed by atoms with Crippen molar-refractivity contribution in [2.24, 2.45) is 0 Å². The zero-order chi connectivity index (χ0) is 15.8. The van der Waals surface area contributed by atoms with E-state index in [0.29, 0.717) is 0 Å². The Hall–Kier alpha value is -1.69. The molecule has 0 saturated heterocycles. The van der Waals surface area contributed by atoms with Crippen molar-refractivity contribution >= 4 is 20.7 Å². The maximum absolute atomic E-state index is 12.3. The van der Waals surface area contributed by atoms with Gasteiger partial charge in [0.2, 0.25) is 0 Å². The van der Waals surface area contributed by atoms with Crippen LogP contribution < -0.4 is 5.69 Å². The third-order valence-electron chi connectivity index (χ3n) is 3.28. The van der Waals surface area contributed by atoms with E-state index >= 15 is 0 Å². The van der Waals surface area contributed by atoms with E-state index in [0.717, 1.165) is 22.9 Å². The number of aryl methyl sites for hydroxylation is 1. The molecule has 1 aromatic heterocycles. The van der Waals surface area contributed by atoms with Crippen molar-refractivity contribution in [2.75, 3.05) is 12.0 Å². The summed E-state index contributed by atoms with van der Waals surface area (Å²) in [5.74, 6) is -0.0759. The van der Waals surface area contributed by atoms with Crippen LogP contribution in [0.4, 0.5) is 0 Å². The Morgan fingerprint density at radius 1 is 1.19 bits per heavy atom. The molecule has 0 amide bonds. The molecule has 114 valence electrons. The molecule has 0 unspecified atom stereocenters. The van der Waals surface area contributed by atoms with Crippen molar-refractivity contribution in [1.82, 2.24) is 9.55 Å². The average molecular weight is 308 g/mol. The summed E-state index contributed by atoms with van der Waals surface area (Å²) in [6, 6.07) is 7.48. The quantitative estimate of drug-likeness (QED) is 0.866. The van der Waals surface area contributed by atoms with Crippen molar-refractivity contribution in [3.8, 4) is 0 Å². The average Bonchev–Trinajstić information content (AvgIpc) is 2.34. The van der Waals surface area contributed by atoms with Crippen LogP contribution >= 0.6 is 0 Å². The van der Waals surface area contributed by atoms with Gasteiger partial charge in [0.05, 0.1) is 17.0 Å². The van der Waals surface area contributed by atoms with Gasteiger partial charge in [0.1, 0.15) is 9.84 Å². The standard InChI is InChI=1S/C15H20N2O3S/c1-15(2,3)13-11-7-5-6-8-12(11)17(14(18)16-13)9-10-21(4,19)20/h5-8H,9-10H2,1-4H3. The number of benzene rings is 1. The molecule has 0 spiro atoms. The number of hydrogen-bond acceptors (Lipinski definition) is 4. The molecule has 0 radical (unpaired) electrons. The van der Waals surface area contributed by atoms with Crippen molar-refractivity contribution < 1.29 is 8.42 Å². The second-order valence-electron chi connectivity index (χ2n) is 6.29. The molecule has 2 aromatic rings. The SMILES string of the molecule is CC(C)(C)c1nc(=O)n(CCS(C)(=O)=O)c2ccccc12. The lowest BCUT2D eigenvalue weighted by atomic mass is 9.89. The van der Waals surface area contributed by atoms with Gasteiger partial charge in [0.15, 0.2) is 0 Å². The van der Waals surface area contributed by atoms with Crippen LogP contribution in [0.3, 0.4) is 0 Å². The molecular formula is C15H20N2O3S. The van der Waals surface area contributed by atoms with E-state index < -0.39 is 15.5 Å². The number of sulfone groups is 1. The number of hydrogen-bond donors (Lipinski definition) is 0. The molecule has 0 saturated carbocycles. The number of aromatic nitrogens is 2. The predicted molar refractivity (Wildman–Crippen MR) is 84.4 cm³/mol. The van der Waals surface area contributed by atoms with Gasteiger partial charge in [-0.1, -0.05) is 39.0 Å². The summed E-state index contributed by atoms with van der Waals surface area (Å²) < 4.78 is 24.1. The summed E-state index contributed by atoms with van der Waals surface area (Å²) in [6.07, 6.45) is 1.16. The van der Waals surface area contributed by atoms with Gasteiger partial charge < -0.3 is 0 Å². The smallest absolute Gasteiger partial charge is 0.291 e. The summed E-state index contributed by atoms with van der Waals surface area (Å²) in [5, 5.41) is 0.887. The Kier molecular flexibility index (Phi) is 3.93. The molecule has 0 atom stereocenters. The van der Waals surface area contributed by atoms with Crippen molar-refractivity contribution in [2.45, 2.75) is 32.7 Å². The third kappa shape index (κ3) is 3.50. The minimum atomic E-state index is -3.13. The Bertz CT molecular complexity index is 830. The van der Waals surface area contributed by atoms with E-state index in [9.17, 15) is 13.2 Å². The molecule has 1 aromatic carbocycles. The molecule has 2 rings (SSSR count). The van der Waals surface area contributed by atoms with E-state index in [1.165, 1.54) is 4.57 Å². The van der Waals surface area contributed by atoms with E-state index in [1.807, 2.05) is 45.0 Å². The van der Waals surface area contributed by atoms with Crippen molar-refractivity contribution in [1.29, 1.82) is 0 Å². The summed E-state index contributed by atoms with van der Waals surface area (Å²) in [6.45, 7) is 6.13. The zero-order valence-corrected chi connectivity index (χ0v) is 13.6. The molecule has 21 heavy (non-hydrogen) atoms. The minimum absolute atomic E-state index is 0.0759. The van der Waals surface area contributed by atoms with E-state index in [-0.39, 0.29) is 17.7 Å². The molecule has 0 aliphatic rings. The molecule has 0 N–H and O–H groups in total. The first-order valence-corrected chi connectivity index (χ1v) is 8.83. The molecular weight excluding hydrogens is 288 g/mol. The summed E-state index contributed by atoms with van der Waals surface area (Å²) in [5.41, 5.74) is 0.807. The van der Waals surface area contributed by atoms with Crippen LogP contribution in [0.2, 0.25) is 0 Å². The van der Waals surface area contributed by atoms with Gasteiger partial charge in [-0.3, -0.25) is 4.57 Å². The lowest BCUT2D eigenvalue weighted by molar-refractivity contribution is 0.562. The summed E-state index contributed by atoms with van der Waals surface area (Å²) in [4.78, 5) is 16.5. The number of fused-ring (bicyclic) bond motifs is 1. The van der Waals surface area contributed by atoms with Crippen LogP contribution in [-0.4, -0.2) is 30.0 Å². The molecule has 0 fully saturated rings. The highest BCUT2D eigenvalue weighted by Gasteiger charge is 2.21. The van der Waals surface area contributed by atoms with E-state index in [1.54, 1.807) is 0 Å². The first-order valence-electron chi connectivity index (χ1n) is 6.77. The van der Waals surface area contributed by atoms with Crippen LogP contribution in [0.1, 0.15) is 26.5 Å². The fraction of sp³-hybridized carbons (Fsp3) is 0.467. The van der Waals surface area contributed by atoms with Crippen LogP contribution in [0, 0.1) is 0 Å². The highest BCUT2D eigenvalue weighted by Crippen LogP contribution is 2.26. The van der Waals surface area contributed by atoms with Crippen molar-refractivity contribution in [3.63, 3.8) is 0 Å². The molecule has 5 nitrogen and oxygen atoms in total. The van der Waals surface area contributed by atoms with Gasteiger partial charge in [-0.05, 0) is 6.07 Å². The van der Waals surface area contributed by atoms with E-state index in [2.05, 4.69) is 4.98 Å². The van der Waals surface area contributed by atoms with Gasteiger partial charge in [0, 0.05) is 23.6 Å². The lowest BCUT2D eigenvalue weighted by Gasteiger charge is -2.21. The molecule has 0 aliphatic heterocycles. The lowest BCUT2D eigenvalue weighted by Crippen LogP contribution is -2.30. The third-order valence-corrected chi connectivity index (χ3v) is 4.21. The highest BCUT2D eigenvalue weighted by molar-refractivity contribution is 7.90. The van der Waals surface area contributed by atoms with Gasteiger partial charge in [-0.2, -0.15) is 4.98 Å². The van der Waals surface area contributed by atoms with Crippen LogP contribution in [-0.2, 0) is 21.8 Å². The zero-order valence-electron chi connectivity index (χ0n) is 12.8. The van der Waals surface area contributed by atoms with Gasteiger partial charge in [-0.25, -0.2) is 13.2 Å². The number of para-hydroxylation sites is 1. The second kappa shape index (κ2) is 5.26. The first-order chi connectivity index (χ1) is 9.59. The fourth-order valence-electron chi connectivity index (χ4n) is 2.27. The maximum atomic E-state index is 12.3. The monoisotopic (exact) mass is 308 g/mol. The summed E-state index contributed by atoms with van der Waals surface area (Å²) in [7, 11) is -3.13. The topological polar surface area (TPSA) is 69.0 Å². The fourth-order valence-corrected chi connectivity index (χ4v) is 2.79. The second-order valence-corrected chi connectivity index (χ2v) is 8.55. The molecule has 0 bridgehead atoms. The maximum Gasteiger partial charge on any atom is 0.348 e. The predicted octanol–water partition coefficient (Wildman–Crippen LogP) is 1.74. The normalized spacial score (nSPS) is 12.8. The van der Waals surface area contributed by atoms with E-state index in [4.69, 9.17) is 0 Å². The Labute approximate surface area is 124 Å².